The van der Waals surface area contributed by atoms with E-state index in [2.05, 4.69) is 5.32 Å². The summed E-state index contributed by atoms with van der Waals surface area (Å²) in [6.45, 7) is 2.35. The summed E-state index contributed by atoms with van der Waals surface area (Å²) in [6.07, 6.45) is 0.0831. The highest BCUT2D eigenvalue weighted by molar-refractivity contribution is 5.79. The minimum Gasteiger partial charge on any atom is -0.494 e. The molecule has 27 heavy (non-hydrogen) atoms. The van der Waals surface area contributed by atoms with Gasteiger partial charge in [-0.2, -0.15) is 0 Å². The minimum absolute atomic E-state index is 0.0644. The summed E-state index contributed by atoms with van der Waals surface area (Å²) in [5, 5.41) is 11.9. The number of nitrogens with one attached hydrogen (secondary N) is 1. The molecule has 0 aliphatic heterocycles. The van der Waals surface area contributed by atoms with E-state index in [9.17, 15) is 23.5 Å². The van der Waals surface area contributed by atoms with Crippen LogP contribution in [-0.2, 0) is 22.4 Å². The van der Waals surface area contributed by atoms with Crippen LogP contribution in [0.4, 0.5) is 8.78 Å². The van der Waals surface area contributed by atoms with Crippen molar-refractivity contribution in [1.82, 2.24) is 5.32 Å². The smallest absolute Gasteiger partial charge is 0.308 e. The number of rotatable bonds is 9. The van der Waals surface area contributed by atoms with Crippen LogP contribution >= 0.6 is 0 Å². The number of hydrogen-bond acceptors (Lipinski definition) is 3. The second-order valence-corrected chi connectivity index (χ2v) is 6.05. The largest absolute Gasteiger partial charge is 0.494 e. The summed E-state index contributed by atoms with van der Waals surface area (Å²) < 4.78 is 31.4. The summed E-state index contributed by atoms with van der Waals surface area (Å²) >= 11 is 0. The highest BCUT2D eigenvalue weighted by Crippen LogP contribution is 2.15. The van der Waals surface area contributed by atoms with Gasteiger partial charge in [0.05, 0.1) is 18.9 Å². The number of carboxylic acid groups (broad SMARTS) is 1. The van der Waals surface area contributed by atoms with Crippen LogP contribution in [0.3, 0.4) is 0 Å². The zero-order valence-corrected chi connectivity index (χ0v) is 14.9. The lowest BCUT2D eigenvalue weighted by Crippen LogP contribution is -2.34. The first-order valence-corrected chi connectivity index (χ1v) is 8.54. The van der Waals surface area contributed by atoms with Gasteiger partial charge >= 0.3 is 5.97 Å². The van der Waals surface area contributed by atoms with Crippen molar-refractivity contribution >= 4 is 11.9 Å². The first-order chi connectivity index (χ1) is 12.9. The molecule has 0 saturated carbocycles. The molecule has 2 aromatic rings. The van der Waals surface area contributed by atoms with Crippen LogP contribution in [0.15, 0.2) is 42.5 Å². The van der Waals surface area contributed by atoms with Crippen LogP contribution in [0.1, 0.15) is 18.1 Å². The van der Waals surface area contributed by atoms with Crippen molar-refractivity contribution in [1.29, 1.82) is 0 Å². The molecule has 1 unspecified atom stereocenters. The van der Waals surface area contributed by atoms with Gasteiger partial charge in [-0.3, -0.25) is 9.59 Å². The average molecular weight is 377 g/mol. The van der Waals surface area contributed by atoms with Crippen molar-refractivity contribution in [2.75, 3.05) is 13.2 Å². The Labute approximate surface area is 156 Å². The van der Waals surface area contributed by atoms with E-state index in [0.717, 1.165) is 17.7 Å². The van der Waals surface area contributed by atoms with Crippen molar-refractivity contribution in [2.45, 2.75) is 19.8 Å². The molecule has 0 spiro atoms. The molecular formula is C20H21F2NO4. The molecule has 2 N–H and O–H groups in total. The fourth-order valence-electron chi connectivity index (χ4n) is 2.55. The standard InChI is InChI=1S/C20H21F2NO4/c1-2-27-16-6-3-13(4-7-16)9-15(20(25)26)12-23-19(24)11-14-5-8-17(21)18(22)10-14/h3-8,10,15H,2,9,11-12H2,1H3,(H,23,24)(H,25,26). The maximum Gasteiger partial charge on any atom is 0.308 e. The molecule has 7 heteroatoms. The molecule has 0 saturated heterocycles. The Balaban J connectivity index is 1.90. The molecule has 0 aliphatic rings. The predicted octanol–water partition coefficient (Wildman–Crippen LogP) is 2.97. The number of hydrogen-bond donors (Lipinski definition) is 2. The van der Waals surface area contributed by atoms with Crippen LogP contribution in [0.2, 0.25) is 0 Å². The quantitative estimate of drug-likeness (QED) is 0.705. The third-order valence-corrected chi connectivity index (χ3v) is 3.96. The van der Waals surface area contributed by atoms with Gasteiger partial charge in [0.15, 0.2) is 11.6 Å². The maximum atomic E-state index is 13.2. The number of carbonyl (C=O) groups is 2. The SMILES string of the molecule is CCOc1ccc(CC(CNC(=O)Cc2ccc(F)c(F)c2)C(=O)O)cc1. The Hall–Kier alpha value is -2.96. The van der Waals surface area contributed by atoms with Crippen LogP contribution < -0.4 is 10.1 Å². The van der Waals surface area contributed by atoms with Crippen LogP contribution in [0.5, 0.6) is 5.75 Å². The predicted molar refractivity (Wildman–Crippen MR) is 95.5 cm³/mol. The van der Waals surface area contributed by atoms with Gasteiger partial charge < -0.3 is 15.2 Å². The molecule has 2 aromatic carbocycles. The molecule has 0 aromatic heterocycles. The Morgan fingerprint density at radius 2 is 1.74 bits per heavy atom. The van der Waals surface area contributed by atoms with Gasteiger partial charge in [-0.05, 0) is 48.7 Å². The topological polar surface area (TPSA) is 75.6 Å². The molecule has 0 radical (unpaired) electrons. The number of amides is 1. The maximum absolute atomic E-state index is 13.2. The fourth-order valence-corrected chi connectivity index (χ4v) is 2.55. The van der Waals surface area contributed by atoms with Crippen molar-refractivity contribution in [3.63, 3.8) is 0 Å². The van der Waals surface area contributed by atoms with E-state index in [1.807, 2.05) is 6.92 Å². The zero-order chi connectivity index (χ0) is 19.8. The Kier molecular flexibility index (Phi) is 7.28. The molecule has 1 amide bonds. The lowest BCUT2D eigenvalue weighted by Gasteiger charge is -2.14. The van der Waals surface area contributed by atoms with Gasteiger partial charge in [-0.25, -0.2) is 8.78 Å². The van der Waals surface area contributed by atoms with Crippen molar-refractivity contribution in [2.24, 2.45) is 5.92 Å². The van der Waals surface area contributed by atoms with E-state index in [1.54, 1.807) is 24.3 Å². The van der Waals surface area contributed by atoms with Gasteiger partial charge in [0, 0.05) is 6.54 Å². The molecule has 144 valence electrons. The van der Waals surface area contributed by atoms with Crippen molar-refractivity contribution in [3.8, 4) is 5.75 Å². The number of halogens is 2. The summed E-state index contributed by atoms with van der Waals surface area (Å²) in [6, 6.07) is 10.3. The van der Waals surface area contributed by atoms with E-state index in [-0.39, 0.29) is 19.4 Å². The van der Waals surface area contributed by atoms with Gasteiger partial charge in [-0.15, -0.1) is 0 Å². The lowest BCUT2D eigenvalue weighted by atomic mass is 9.99. The molecule has 1 atom stereocenters. The third-order valence-electron chi connectivity index (χ3n) is 3.96. The number of carbonyl (C=O) groups excluding carboxylic acids is 1. The number of carboxylic acids is 1. The van der Waals surface area contributed by atoms with E-state index in [0.29, 0.717) is 17.9 Å². The highest BCUT2D eigenvalue weighted by Gasteiger charge is 2.19. The van der Waals surface area contributed by atoms with E-state index < -0.39 is 29.4 Å². The van der Waals surface area contributed by atoms with Crippen molar-refractivity contribution in [3.05, 3.63) is 65.2 Å². The molecule has 5 nitrogen and oxygen atoms in total. The summed E-state index contributed by atoms with van der Waals surface area (Å²) in [5.74, 6) is -3.61. The summed E-state index contributed by atoms with van der Waals surface area (Å²) in [7, 11) is 0. The van der Waals surface area contributed by atoms with Gasteiger partial charge in [0.1, 0.15) is 5.75 Å². The van der Waals surface area contributed by atoms with Crippen LogP contribution in [-0.4, -0.2) is 30.1 Å². The minimum atomic E-state index is -1.03. The van der Waals surface area contributed by atoms with Gasteiger partial charge in [-0.1, -0.05) is 18.2 Å². The Bertz CT molecular complexity index is 793. The molecule has 0 bridgehead atoms. The van der Waals surface area contributed by atoms with Crippen LogP contribution in [0.25, 0.3) is 0 Å². The average Bonchev–Trinajstić information content (AvgIpc) is 2.63. The van der Waals surface area contributed by atoms with Gasteiger partial charge in [0.25, 0.3) is 0 Å². The van der Waals surface area contributed by atoms with Gasteiger partial charge in [0.2, 0.25) is 5.91 Å². The fraction of sp³-hybridized carbons (Fsp3) is 0.300. The lowest BCUT2D eigenvalue weighted by molar-refractivity contribution is -0.141. The Morgan fingerprint density at radius 1 is 1.07 bits per heavy atom. The number of benzene rings is 2. The zero-order valence-electron chi connectivity index (χ0n) is 14.9. The molecule has 0 fully saturated rings. The van der Waals surface area contributed by atoms with E-state index >= 15 is 0 Å². The summed E-state index contributed by atoms with van der Waals surface area (Å²) in [5.41, 5.74) is 1.12. The Morgan fingerprint density at radius 3 is 2.33 bits per heavy atom. The number of ether oxygens (including phenoxy) is 1. The second kappa shape index (κ2) is 9.66. The first kappa shape index (κ1) is 20.4. The molecule has 0 heterocycles. The normalized spacial score (nSPS) is 11.7. The second-order valence-electron chi connectivity index (χ2n) is 6.05. The molecular weight excluding hydrogens is 356 g/mol. The van der Waals surface area contributed by atoms with E-state index in [1.165, 1.54) is 6.07 Å². The molecule has 0 aliphatic carbocycles. The van der Waals surface area contributed by atoms with Crippen LogP contribution in [0, 0.1) is 17.6 Å². The van der Waals surface area contributed by atoms with E-state index in [4.69, 9.17) is 4.74 Å². The van der Waals surface area contributed by atoms with Crippen molar-refractivity contribution < 1.29 is 28.2 Å². The highest BCUT2D eigenvalue weighted by atomic mass is 19.2. The monoisotopic (exact) mass is 377 g/mol. The molecule has 2 rings (SSSR count). The third kappa shape index (κ3) is 6.36. The first-order valence-electron chi connectivity index (χ1n) is 8.54. The summed E-state index contributed by atoms with van der Waals surface area (Å²) in [4.78, 5) is 23.4. The number of aliphatic carboxylic acids is 1.